The highest BCUT2D eigenvalue weighted by Gasteiger charge is 2.41. The van der Waals surface area contributed by atoms with Gasteiger partial charge in [-0.05, 0) is 42.0 Å². The number of carbonyl (C=O) groups excluding carboxylic acids is 2. The van der Waals surface area contributed by atoms with E-state index in [0.29, 0.717) is 5.57 Å². The maximum Gasteiger partial charge on any atom is 0.379 e. The molecule has 2 rings (SSSR count). The SMILES string of the molecule is CCOC(=O)C(=O)C1=C(c2ccc(F)cc2)[C@H](C)[C@H]1C. The Bertz CT molecular complexity index is 572. The van der Waals surface area contributed by atoms with Crippen LogP contribution in [-0.2, 0) is 14.3 Å². The van der Waals surface area contributed by atoms with Crippen molar-refractivity contribution in [3.8, 4) is 0 Å². The lowest BCUT2D eigenvalue weighted by atomic mass is 9.66. The minimum atomic E-state index is -0.819. The molecule has 0 saturated carbocycles. The fourth-order valence-corrected chi connectivity index (χ4v) is 2.58. The molecular weight excluding hydrogens is 259 g/mol. The summed E-state index contributed by atoms with van der Waals surface area (Å²) in [6, 6.07) is 5.96. The average molecular weight is 276 g/mol. The van der Waals surface area contributed by atoms with Crippen molar-refractivity contribution in [1.29, 1.82) is 0 Å². The summed E-state index contributed by atoms with van der Waals surface area (Å²) in [6.45, 7) is 5.73. The van der Waals surface area contributed by atoms with E-state index in [1.165, 1.54) is 12.1 Å². The first kappa shape index (κ1) is 14.4. The van der Waals surface area contributed by atoms with Crippen molar-refractivity contribution in [2.75, 3.05) is 6.61 Å². The average Bonchev–Trinajstić information content (AvgIpc) is 2.44. The van der Waals surface area contributed by atoms with Crippen LogP contribution in [0.25, 0.3) is 5.57 Å². The van der Waals surface area contributed by atoms with Crippen molar-refractivity contribution in [2.24, 2.45) is 11.8 Å². The van der Waals surface area contributed by atoms with Crippen LogP contribution in [0.15, 0.2) is 29.8 Å². The van der Waals surface area contributed by atoms with Crippen LogP contribution in [0.2, 0.25) is 0 Å². The molecule has 0 unspecified atom stereocenters. The van der Waals surface area contributed by atoms with E-state index in [1.807, 2.05) is 13.8 Å². The number of carbonyl (C=O) groups is 2. The molecule has 0 N–H and O–H groups in total. The van der Waals surface area contributed by atoms with Crippen LogP contribution < -0.4 is 0 Å². The van der Waals surface area contributed by atoms with Gasteiger partial charge in [-0.25, -0.2) is 9.18 Å². The monoisotopic (exact) mass is 276 g/mol. The molecule has 2 atom stereocenters. The van der Waals surface area contributed by atoms with Crippen molar-refractivity contribution in [1.82, 2.24) is 0 Å². The summed E-state index contributed by atoms with van der Waals surface area (Å²) in [7, 11) is 0. The molecule has 0 bridgehead atoms. The molecule has 1 aliphatic rings. The highest BCUT2D eigenvalue weighted by atomic mass is 19.1. The quantitative estimate of drug-likeness (QED) is 0.627. The standard InChI is InChI=1S/C16H17FO3/c1-4-20-16(19)15(18)14-10(3)9(2)13(14)11-5-7-12(17)8-6-11/h5-10H,4H2,1-3H3/t9-,10-/m1/s1. The van der Waals surface area contributed by atoms with Crippen LogP contribution in [0.4, 0.5) is 4.39 Å². The highest BCUT2D eigenvalue weighted by Crippen LogP contribution is 2.46. The molecule has 1 aromatic rings. The van der Waals surface area contributed by atoms with Gasteiger partial charge in [0.1, 0.15) is 5.82 Å². The van der Waals surface area contributed by atoms with Crippen molar-refractivity contribution in [3.05, 3.63) is 41.2 Å². The summed E-state index contributed by atoms with van der Waals surface area (Å²) in [5, 5.41) is 0. The fraction of sp³-hybridized carbons (Fsp3) is 0.375. The lowest BCUT2D eigenvalue weighted by Crippen LogP contribution is -2.34. The number of Topliss-reactive ketones (excluding diaryl/α,β-unsaturated/α-hetero) is 1. The van der Waals surface area contributed by atoms with E-state index in [9.17, 15) is 14.0 Å². The van der Waals surface area contributed by atoms with E-state index in [1.54, 1.807) is 19.1 Å². The van der Waals surface area contributed by atoms with Gasteiger partial charge in [-0.3, -0.25) is 4.79 Å². The van der Waals surface area contributed by atoms with Gasteiger partial charge >= 0.3 is 5.97 Å². The van der Waals surface area contributed by atoms with E-state index < -0.39 is 11.8 Å². The van der Waals surface area contributed by atoms with E-state index in [-0.39, 0.29) is 24.3 Å². The van der Waals surface area contributed by atoms with Crippen molar-refractivity contribution in [3.63, 3.8) is 0 Å². The Labute approximate surface area is 117 Å². The van der Waals surface area contributed by atoms with Gasteiger partial charge in [0.25, 0.3) is 5.78 Å². The maximum atomic E-state index is 13.0. The third kappa shape index (κ3) is 2.38. The van der Waals surface area contributed by atoms with Crippen molar-refractivity contribution in [2.45, 2.75) is 20.8 Å². The molecule has 0 heterocycles. The molecule has 0 aliphatic heterocycles. The smallest absolute Gasteiger partial charge is 0.379 e. The molecule has 1 aromatic carbocycles. The first-order valence-corrected chi connectivity index (χ1v) is 6.68. The molecule has 0 aromatic heterocycles. The zero-order valence-electron chi connectivity index (χ0n) is 11.8. The van der Waals surface area contributed by atoms with Crippen LogP contribution in [0.5, 0.6) is 0 Å². The number of hydrogen-bond donors (Lipinski definition) is 0. The summed E-state index contributed by atoms with van der Waals surface area (Å²) >= 11 is 0. The van der Waals surface area contributed by atoms with Crippen molar-refractivity contribution >= 4 is 17.3 Å². The molecule has 4 heteroatoms. The van der Waals surface area contributed by atoms with Crippen LogP contribution in [-0.4, -0.2) is 18.4 Å². The van der Waals surface area contributed by atoms with E-state index in [4.69, 9.17) is 4.74 Å². The summed E-state index contributed by atoms with van der Waals surface area (Å²) in [5.74, 6) is -1.56. The first-order valence-electron chi connectivity index (χ1n) is 6.68. The fourth-order valence-electron chi connectivity index (χ4n) is 2.58. The molecule has 0 fully saturated rings. The van der Waals surface area contributed by atoms with Crippen LogP contribution >= 0.6 is 0 Å². The number of halogens is 1. The maximum absolute atomic E-state index is 13.0. The number of allylic oxidation sites excluding steroid dienone is 1. The number of rotatable bonds is 4. The third-order valence-electron chi connectivity index (χ3n) is 3.81. The van der Waals surface area contributed by atoms with Gasteiger partial charge in [-0.2, -0.15) is 0 Å². The first-order chi connectivity index (χ1) is 9.47. The van der Waals surface area contributed by atoms with E-state index in [2.05, 4.69) is 0 Å². The molecule has 106 valence electrons. The second-order valence-corrected chi connectivity index (χ2v) is 4.96. The Morgan fingerprint density at radius 1 is 1.15 bits per heavy atom. The summed E-state index contributed by atoms with van der Waals surface area (Å²) in [5.41, 5.74) is 2.09. The Morgan fingerprint density at radius 3 is 2.30 bits per heavy atom. The van der Waals surface area contributed by atoms with Crippen LogP contribution in [0, 0.1) is 17.7 Å². The largest absolute Gasteiger partial charge is 0.460 e. The lowest BCUT2D eigenvalue weighted by Gasteiger charge is -2.37. The van der Waals surface area contributed by atoms with Gasteiger partial charge in [0.2, 0.25) is 0 Å². The van der Waals surface area contributed by atoms with Crippen LogP contribution in [0.1, 0.15) is 26.3 Å². The number of esters is 1. The minimum absolute atomic E-state index is 0.00644. The number of ether oxygens (including phenoxy) is 1. The molecule has 0 spiro atoms. The summed E-state index contributed by atoms with van der Waals surface area (Å²) in [4.78, 5) is 23.7. The number of ketones is 1. The summed E-state index contributed by atoms with van der Waals surface area (Å²) < 4.78 is 17.7. The molecule has 0 amide bonds. The normalized spacial score (nSPS) is 21.4. The third-order valence-corrected chi connectivity index (χ3v) is 3.81. The Balaban J connectivity index is 2.39. The Morgan fingerprint density at radius 2 is 1.75 bits per heavy atom. The van der Waals surface area contributed by atoms with Gasteiger partial charge < -0.3 is 4.74 Å². The molecular formula is C16H17FO3. The molecule has 0 saturated heterocycles. The lowest BCUT2D eigenvalue weighted by molar-refractivity contribution is -0.152. The number of benzene rings is 1. The second kappa shape index (κ2) is 5.57. The van der Waals surface area contributed by atoms with Gasteiger partial charge in [0, 0.05) is 5.57 Å². The van der Waals surface area contributed by atoms with Gasteiger partial charge in [0.15, 0.2) is 0 Å². The van der Waals surface area contributed by atoms with E-state index in [0.717, 1.165) is 11.1 Å². The van der Waals surface area contributed by atoms with Gasteiger partial charge in [0.05, 0.1) is 6.61 Å². The predicted octanol–water partition coefficient (Wildman–Crippen LogP) is 3.00. The second-order valence-electron chi connectivity index (χ2n) is 4.96. The number of hydrogen-bond acceptors (Lipinski definition) is 3. The van der Waals surface area contributed by atoms with Crippen molar-refractivity contribution < 1.29 is 18.7 Å². The van der Waals surface area contributed by atoms with Crippen LogP contribution in [0.3, 0.4) is 0 Å². The highest BCUT2D eigenvalue weighted by molar-refractivity contribution is 6.42. The van der Waals surface area contributed by atoms with Gasteiger partial charge in [-0.1, -0.05) is 26.0 Å². The summed E-state index contributed by atoms with van der Waals surface area (Å²) in [6.07, 6.45) is 0. The minimum Gasteiger partial charge on any atom is -0.460 e. The van der Waals surface area contributed by atoms with Gasteiger partial charge in [-0.15, -0.1) is 0 Å². The Kier molecular flexibility index (Phi) is 4.02. The zero-order valence-corrected chi connectivity index (χ0v) is 11.8. The molecule has 20 heavy (non-hydrogen) atoms. The topological polar surface area (TPSA) is 43.4 Å². The molecule has 3 nitrogen and oxygen atoms in total. The van der Waals surface area contributed by atoms with E-state index >= 15 is 0 Å². The predicted molar refractivity (Wildman–Crippen MR) is 73.3 cm³/mol. The zero-order chi connectivity index (χ0) is 14.9. The Hall–Kier alpha value is -1.97. The molecule has 1 aliphatic carbocycles. The molecule has 0 radical (unpaired) electrons.